The van der Waals surface area contributed by atoms with Crippen LogP contribution in [0.25, 0.3) is 27.7 Å². The molecule has 164 valence electrons. The molecule has 8 heteroatoms. The number of aromatic hydroxyl groups is 1. The Morgan fingerprint density at radius 1 is 1.24 bits per heavy atom. The summed E-state index contributed by atoms with van der Waals surface area (Å²) in [5.41, 5.74) is 2.85. The summed E-state index contributed by atoms with van der Waals surface area (Å²) in [7, 11) is 0. The van der Waals surface area contributed by atoms with Crippen LogP contribution in [0.1, 0.15) is 36.0 Å². The van der Waals surface area contributed by atoms with E-state index in [1.165, 1.54) is 22.8 Å². The molecule has 1 saturated heterocycles. The van der Waals surface area contributed by atoms with E-state index >= 15 is 0 Å². The molecular formula is C25H20FN5O2. The number of halogens is 1. The molecule has 1 atom stereocenters. The van der Waals surface area contributed by atoms with Crippen LogP contribution in [0, 0.1) is 24.1 Å². The number of phenols is 1. The van der Waals surface area contributed by atoms with E-state index < -0.39 is 17.1 Å². The van der Waals surface area contributed by atoms with Gasteiger partial charge in [-0.1, -0.05) is 6.07 Å². The average molecular weight is 441 g/mol. The molecule has 33 heavy (non-hydrogen) atoms. The zero-order chi connectivity index (χ0) is 23.1. The molecule has 7 nitrogen and oxygen atoms in total. The molecule has 1 fully saturated rings. The predicted molar refractivity (Wildman–Crippen MR) is 122 cm³/mol. The third kappa shape index (κ3) is 3.62. The van der Waals surface area contributed by atoms with E-state index in [0.29, 0.717) is 22.5 Å². The SMILES string of the molecule is Cc1ccc(-c2cc(C#N)cc3c(=O)n(-c4ccc(O)c(F)c4)c(C4CCCN4)nc23)cn1. The summed E-state index contributed by atoms with van der Waals surface area (Å²) in [5, 5.41) is 22.8. The smallest absolute Gasteiger partial charge is 0.266 e. The molecule has 5 rings (SSSR count). The minimum absolute atomic E-state index is 0.196. The van der Waals surface area contributed by atoms with Gasteiger partial charge < -0.3 is 10.4 Å². The standard InChI is InChI=1S/C25H20FN5O2/c1-14-4-5-16(13-29-14)18-9-15(12-27)10-19-23(18)30-24(21-3-2-8-28-21)31(25(19)33)17-6-7-22(32)20(26)11-17/h4-7,9-11,13,21,28,32H,2-3,8H2,1H3. The molecule has 1 aliphatic rings. The van der Waals surface area contributed by atoms with Crippen LogP contribution in [-0.4, -0.2) is 26.2 Å². The molecule has 0 spiro atoms. The molecule has 2 N–H and O–H groups in total. The maximum absolute atomic E-state index is 14.2. The lowest BCUT2D eigenvalue weighted by molar-refractivity contribution is 0.432. The van der Waals surface area contributed by atoms with Crippen LogP contribution in [0.2, 0.25) is 0 Å². The van der Waals surface area contributed by atoms with Gasteiger partial charge in [-0.25, -0.2) is 9.37 Å². The van der Waals surface area contributed by atoms with Gasteiger partial charge in [0.05, 0.1) is 34.3 Å². The number of rotatable bonds is 3. The largest absolute Gasteiger partial charge is 0.505 e. The zero-order valence-corrected chi connectivity index (χ0v) is 17.8. The summed E-state index contributed by atoms with van der Waals surface area (Å²) >= 11 is 0. The summed E-state index contributed by atoms with van der Waals surface area (Å²) in [6.45, 7) is 2.66. The fraction of sp³-hybridized carbons (Fsp3) is 0.200. The van der Waals surface area contributed by atoms with Crippen LogP contribution >= 0.6 is 0 Å². The van der Waals surface area contributed by atoms with Gasteiger partial charge in [0.1, 0.15) is 5.82 Å². The summed E-state index contributed by atoms with van der Waals surface area (Å²) < 4.78 is 15.6. The lowest BCUT2D eigenvalue weighted by Crippen LogP contribution is -2.29. The number of aryl methyl sites for hydroxylation is 1. The Bertz CT molecular complexity index is 1480. The van der Waals surface area contributed by atoms with Gasteiger partial charge in [0.15, 0.2) is 11.6 Å². The third-order valence-corrected chi connectivity index (χ3v) is 5.91. The molecule has 0 aliphatic carbocycles. The fourth-order valence-corrected chi connectivity index (χ4v) is 4.24. The van der Waals surface area contributed by atoms with Crippen molar-refractivity contribution in [3.63, 3.8) is 0 Å². The number of aromatic nitrogens is 3. The molecule has 4 aromatic rings. The van der Waals surface area contributed by atoms with Gasteiger partial charge >= 0.3 is 0 Å². The number of pyridine rings is 1. The molecule has 1 unspecified atom stereocenters. The highest BCUT2D eigenvalue weighted by Crippen LogP contribution is 2.31. The lowest BCUT2D eigenvalue weighted by Gasteiger charge is -2.19. The number of nitrogens with one attached hydrogen (secondary N) is 1. The maximum atomic E-state index is 14.2. The summed E-state index contributed by atoms with van der Waals surface area (Å²) in [4.78, 5) is 23.0. The Morgan fingerprint density at radius 3 is 2.76 bits per heavy atom. The zero-order valence-electron chi connectivity index (χ0n) is 17.8. The molecule has 0 bridgehead atoms. The first-order valence-corrected chi connectivity index (χ1v) is 10.6. The second-order valence-electron chi connectivity index (χ2n) is 8.12. The van der Waals surface area contributed by atoms with Crippen molar-refractivity contribution in [1.29, 1.82) is 5.26 Å². The summed E-state index contributed by atoms with van der Waals surface area (Å²) in [5.74, 6) is -0.870. The Morgan fingerprint density at radius 2 is 2.09 bits per heavy atom. The minimum Gasteiger partial charge on any atom is -0.505 e. The Hall–Kier alpha value is -4.09. The first kappa shape index (κ1) is 20.8. The highest BCUT2D eigenvalue weighted by atomic mass is 19.1. The van der Waals surface area contributed by atoms with Crippen LogP contribution in [0.15, 0.2) is 53.5 Å². The van der Waals surface area contributed by atoms with Gasteiger partial charge in [0.25, 0.3) is 5.56 Å². The number of nitrogens with zero attached hydrogens (tertiary/aromatic N) is 4. The van der Waals surface area contributed by atoms with Crippen molar-refractivity contribution >= 4 is 10.9 Å². The van der Waals surface area contributed by atoms with Gasteiger partial charge in [-0.05, 0) is 56.6 Å². The molecule has 0 saturated carbocycles. The van der Waals surface area contributed by atoms with E-state index in [-0.39, 0.29) is 17.1 Å². The van der Waals surface area contributed by atoms with Crippen molar-refractivity contribution in [1.82, 2.24) is 19.9 Å². The number of hydrogen-bond acceptors (Lipinski definition) is 6. The first-order chi connectivity index (χ1) is 16.0. The van der Waals surface area contributed by atoms with E-state index in [4.69, 9.17) is 4.98 Å². The summed E-state index contributed by atoms with van der Waals surface area (Å²) in [6, 6.07) is 12.7. The predicted octanol–water partition coefficient (Wildman–Crippen LogP) is 3.90. The van der Waals surface area contributed by atoms with Gasteiger partial charge in [-0.15, -0.1) is 0 Å². The van der Waals surface area contributed by atoms with Gasteiger partial charge in [0.2, 0.25) is 0 Å². The molecule has 0 amide bonds. The quantitative estimate of drug-likeness (QED) is 0.500. The van der Waals surface area contributed by atoms with Crippen molar-refractivity contribution in [3.8, 4) is 28.6 Å². The number of hydrogen-bond donors (Lipinski definition) is 2. The van der Waals surface area contributed by atoms with Gasteiger partial charge in [-0.2, -0.15) is 5.26 Å². The van der Waals surface area contributed by atoms with Crippen LogP contribution in [-0.2, 0) is 0 Å². The molecule has 2 aromatic carbocycles. The van der Waals surface area contributed by atoms with Crippen LogP contribution in [0.5, 0.6) is 5.75 Å². The normalized spacial score (nSPS) is 15.6. The number of benzene rings is 2. The highest BCUT2D eigenvalue weighted by molar-refractivity contribution is 5.94. The minimum atomic E-state index is -0.831. The van der Waals surface area contributed by atoms with Crippen LogP contribution < -0.4 is 10.9 Å². The van der Waals surface area contributed by atoms with E-state index in [1.54, 1.807) is 12.3 Å². The van der Waals surface area contributed by atoms with Gasteiger partial charge in [-0.3, -0.25) is 14.3 Å². The Kier molecular flexibility index (Phi) is 5.11. The molecule has 3 heterocycles. The molecule has 2 aromatic heterocycles. The van der Waals surface area contributed by atoms with E-state index in [1.807, 2.05) is 19.1 Å². The number of phenolic OH excluding ortho intramolecular Hbond substituents is 1. The topological polar surface area (TPSA) is 104 Å². The maximum Gasteiger partial charge on any atom is 0.266 e. The third-order valence-electron chi connectivity index (χ3n) is 5.91. The Balaban J connectivity index is 1.87. The molecule has 1 aliphatic heterocycles. The van der Waals surface area contributed by atoms with Gasteiger partial charge in [0, 0.05) is 29.1 Å². The van der Waals surface area contributed by atoms with Crippen molar-refractivity contribution in [2.75, 3.05) is 6.54 Å². The highest BCUT2D eigenvalue weighted by Gasteiger charge is 2.25. The fourth-order valence-electron chi connectivity index (χ4n) is 4.24. The van der Waals surface area contributed by atoms with E-state index in [0.717, 1.165) is 36.7 Å². The average Bonchev–Trinajstić information content (AvgIpc) is 3.36. The van der Waals surface area contributed by atoms with Crippen LogP contribution in [0.4, 0.5) is 4.39 Å². The molecule has 0 radical (unpaired) electrons. The monoisotopic (exact) mass is 441 g/mol. The summed E-state index contributed by atoms with van der Waals surface area (Å²) in [6.07, 6.45) is 3.39. The van der Waals surface area contributed by atoms with E-state index in [2.05, 4.69) is 16.4 Å². The van der Waals surface area contributed by atoms with Crippen molar-refractivity contribution < 1.29 is 9.50 Å². The Labute approximate surface area is 188 Å². The van der Waals surface area contributed by atoms with Crippen LogP contribution in [0.3, 0.4) is 0 Å². The van der Waals surface area contributed by atoms with Crippen molar-refractivity contribution in [2.45, 2.75) is 25.8 Å². The lowest BCUT2D eigenvalue weighted by atomic mass is 10.00. The van der Waals surface area contributed by atoms with Crippen molar-refractivity contribution in [2.24, 2.45) is 0 Å². The van der Waals surface area contributed by atoms with E-state index in [9.17, 15) is 19.6 Å². The number of fused-ring (bicyclic) bond motifs is 1. The first-order valence-electron chi connectivity index (χ1n) is 10.6. The molecular weight excluding hydrogens is 421 g/mol. The second kappa shape index (κ2) is 8.11. The second-order valence-corrected chi connectivity index (χ2v) is 8.12. The number of nitriles is 1. The van der Waals surface area contributed by atoms with Crippen molar-refractivity contribution in [3.05, 3.63) is 81.9 Å².